The molecule has 0 aliphatic carbocycles. The summed E-state index contributed by atoms with van der Waals surface area (Å²) in [4.78, 5) is 27.4. The maximum atomic E-state index is 13.8. The molecule has 0 atom stereocenters. The van der Waals surface area contributed by atoms with Gasteiger partial charge in [-0.1, -0.05) is 78.9 Å². The van der Waals surface area contributed by atoms with Crippen LogP contribution < -0.4 is 11.2 Å². The fourth-order valence-corrected chi connectivity index (χ4v) is 4.51. The van der Waals surface area contributed by atoms with E-state index in [1.165, 1.54) is 4.57 Å². The first kappa shape index (κ1) is 20.8. The second-order valence-electron chi connectivity index (χ2n) is 8.47. The van der Waals surface area contributed by atoms with Gasteiger partial charge in [0.25, 0.3) is 5.56 Å². The smallest absolute Gasteiger partial charge is 0.332 e. The molecule has 0 fully saturated rings. The summed E-state index contributed by atoms with van der Waals surface area (Å²) in [5, 5.41) is 0.913. The van der Waals surface area contributed by atoms with E-state index in [1.54, 1.807) is 10.6 Å². The van der Waals surface area contributed by atoms with Crippen LogP contribution in [0.4, 0.5) is 0 Å². The SMILES string of the molecule is C=Cc1ccc(Cn2c(=O)n(Cc3ccccc3)c(=O)c3c2c2cc(C)ccc2n3C)cc1. The van der Waals surface area contributed by atoms with Gasteiger partial charge in [-0.25, -0.2) is 4.79 Å². The van der Waals surface area contributed by atoms with E-state index in [1.807, 2.05) is 85.3 Å². The summed E-state index contributed by atoms with van der Waals surface area (Å²) < 4.78 is 5.00. The van der Waals surface area contributed by atoms with Crippen molar-refractivity contribution in [2.45, 2.75) is 20.0 Å². The first-order valence-electron chi connectivity index (χ1n) is 11.0. The van der Waals surface area contributed by atoms with E-state index in [0.717, 1.165) is 33.2 Å². The summed E-state index contributed by atoms with van der Waals surface area (Å²) in [6.45, 7) is 6.43. The summed E-state index contributed by atoms with van der Waals surface area (Å²) >= 11 is 0. The van der Waals surface area contributed by atoms with Crippen LogP contribution in [-0.4, -0.2) is 13.7 Å². The largest absolute Gasteiger partial charge is 0.338 e. The predicted molar refractivity (Wildman–Crippen MR) is 135 cm³/mol. The molecule has 5 rings (SSSR count). The molecular formula is C28H25N3O2. The van der Waals surface area contributed by atoms with Crippen LogP contribution in [0, 0.1) is 6.92 Å². The van der Waals surface area contributed by atoms with Crippen LogP contribution in [0.25, 0.3) is 28.0 Å². The molecule has 0 radical (unpaired) electrons. The number of fused-ring (bicyclic) bond motifs is 3. The Morgan fingerprint density at radius 2 is 1.48 bits per heavy atom. The Balaban J connectivity index is 1.83. The quantitative estimate of drug-likeness (QED) is 0.402. The highest BCUT2D eigenvalue weighted by Gasteiger charge is 2.20. The number of hydrogen-bond donors (Lipinski definition) is 0. The number of aromatic nitrogens is 3. The Hall–Kier alpha value is -4.12. The molecule has 0 saturated carbocycles. The molecule has 0 bridgehead atoms. The highest BCUT2D eigenvalue weighted by atomic mass is 16.2. The van der Waals surface area contributed by atoms with Crippen molar-refractivity contribution in [1.29, 1.82) is 0 Å². The van der Waals surface area contributed by atoms with Crippen molar-refractivity contribution in [1.82, 2.24) is 13.7 Å². The molecule has 3 aromatic carbocycles. The van der Waals surface area contributed by atoms with Gasteiger partial charge < -0.3 is 4.57 Å². The van der Waals surface area contributed by atoms with Crippen molar-refractivity contribution in [3.63, 3.8) is 0 Å². The van der Waals surface area contributed by atoms with Crippen LogP contribution in [0.1, 0.15) is 22.3 Å². The highest BCUT2D eigenvalue weighted by Crippen LogP contribution is 2.27. The lowest BCUT2D eigenvalue weighted by Crippen LogP contribution is -2.40. The molecule has 164 valence electrons. The molecule has 5 nitrogen and oxygen atoms in total. The van der Waals surface area contributed by atoms with Crippen LogP contribution in [0.5, 0.6) is 0 Å². The lowest BCUT2D eigenvalue weighted by Gasteiger charge is -2.14. The maximum Gasteiger partial charge on any atom is 0.332 e. The maximum absolute atomic E-state index is 13.8. The van der Waals surface area contributed by atoms with Gasteiger partial charge in [0.1, 0.15) is 5.52 Å². The highest BCUT2D eigenvalue weighted by molar-refractivity contribution is 6.06. The van der Waals surface area contributed by atoms with E-state index < -0.39 is 0 Å². The van der Waals surface area contributed by atoms with Gasteiger partial charge in [0.15, 0.2) is 0 Å². The molecule has 0 spiro atoms. The minimum atomic E-state index is -0.307. The first-order chi connectivity index (χ1) is 16.0. The van der Waals surface area contributed by atoms with Crippen LogP contribution in [-0.2, 0) is 20.1 Å². The van der Waals surface area contributed by atoms with Gasteiger partial charge in [0, 0.05) is 12.4 Å². The molecule has 33 heavy (non-hydrogen) atoms. The van der Waals surface area contributed by atoms with E-state index >= 15 is 0 Å². The topological polar surface area (TPSA) is 48.9 Å². The zero-order valence-corrected chi connectivity index (χ0v) is 18.8. The van der Waals surface area contributed by atoms with Crippen LogP contribution in [0.15, 0.2) is 89.0 Å². The van der Waals surface area contributed by atoms with E-state index in [9.17, 15) is 9.59 Å². The van der Waals surface area contributed by atoms with Crippen molar-refractivity contribution >= 4 is 28.0 Å². The second-order valence-corrected chi connectivity index (χ2v) is 8.47. The summed E-state index contributed by atoms with van der Waals surface area (Å²) in [6.07, 6.45) is 1.79. The van der Waals surface area contributed by atoms with Crippen molar-refractivity contribution in [3.05, 3.63) is 122 Å². The van der Waals surface area contributed by atoms with Gasteiger partial charge in [-0.2, -0.15) is 0 Å². The van der Waals surface area contributed by atoms with Crippen molar-refractivity contribution in [3.8, 4) is 0 Å². The molecule has 5 aromatic rings. The third-order valence-corrected chi connectivity index (χ3v) is 6.25. The zero-order chi connectivity index (χ0) is 23.1. The minimum Gasteiger partial charge on any atom is -0.338 e. The van der Waals surface area contributed by atoms with E-state index in [-0.39, 0.29) is 17.8 Å². The van der Waals surface area contributed by atoms with E-state index in [0.29, 0.717) is 17.6 Å². The zero-order valence-electron chi connectivity index (χ0n) is 18.8. The van der Waals surface area contributed by atoms with Gasteiger partial charge in [0.2, 0.25) is 0 Å². The third kappa shape index (κ3) is 3.52. The Bertz CT molecular complexity index is 1620. The molecule has 0 aliphatic heterocycles. The number of hydrogen-bond acceptors (Lipinski definition) is 2. The second kappa shape index (κ2) is 8.10. The Labute approximate surface area is 191 Å². The molecule has 0 amide bonds. The molecule has 0 aliphatic rings. The number of benzene rings is 3. The molecule has 0 saturated heterocycles. The Morgan fingerprint density at radius 1 is 0.818 bits per heavy atom. The molecule has 0 unspecified atom stereocenters. The molecular weight excluding hydrogens is 410 g/mol. The molecule has 0 N–H and O–H groups in total. The summed E-state index contributed by atoms with van der Waals surface area (Å²) in [5.74, 6) is 0. The normalized spacial score (nSPS) is 11.3. The first-order valence-corrected chi connectivity index (χ1v) is 11.0. The number of rotatable bonds is 5. The lowest BCUT2D eigenvalue weighted by molar-refractivity contribution is 0.633. The number of nitrogens with zero attached hydrogens (tertiary/aromatic N) is 3. The Morgan fingerprint density at radius 3 is 2.18 bits per heavy atom. The van der Waals surface area contributed by atoms with Gasteiger partial charge in [0.05, 0.1) is 24.1 Å². The summed E-state index contributed by atoms with van der Waals surface area (Å²) in [7, 11) is 1.89. The summed E-state index contributed by atoms with van der Waals surface area (Å²) in [6, 6.07) is 23.7. The van der Waals surface area contributed by atoms with Crippen molar-refractivity contribution in [2.75, 3.05) is 0 Å². The van der Waals surface area contributed by atoms with Crippen LogP contribution >= 0.6 is 0 Å². The lowest BCUT2D eigenvalue weighted by atomic mass is 10.1. The van der Waals surface area contributed by atoms with Crippen molar-refractivity contribution in [2.24, 2.45) is 7.05 Å². The van der Waals surface area contributed by atoms with Gasteiger partial charge in [-0.15, -0.1) is 0 Å². The fourth-order valence-electron chi connectivity index (χ4n) is 4.51. The number of aryl methyl sites for hydroxylation is 2. The van der Waals surface area contributed by atoms with E-state index in [2.05, 4.69) is 12.6 Å². The molecule has 2 aromatic heterocycles. The molecule has 2 heterocycles. The van der Waals surface area contributed by atoms with Gasteiger partial charge in [-0.3, -0.25) is 13.9 Å². The monoisotopic (exact) mass is 435 g/mol. The average molecular weight is 436 g/mol. The van der Waals surface area contributed by atoms with Crippen LogP contribution in [0.2, 0.25) is 0 Å². The third-order valence-electron chi connectivity index (χ3n) is 6.25. The van der Waals surface area contributed by atoms with Gasteiger partial charge in [-0.05, 0) is 35.7 Å². The summed E-state index contributed by atoms with van der Waals surface area (Å²) in [5.41, 5.74) is 5.57. The fraction of sp³-hybridized carbons (Fsp3) is 0.143. The predicted octanol–water partition coefficient (Wildman–Crippen LogP) is 4.70. The average Bonchev–Trinajstić information content (AvgIpc) is 3.12. The van der Waals surface area contributed by atoms with Gasteiger partial charge >= 0.3 is 5.69 Å². The van der Waals surface area contributed by atoms with Crippen molar-refractivity contribution < 1.29 is 0 Å². The minimum absolute atomic E-state index is 0.227. The standard InChI is InChI=1S/C28H25N3O2/c1-4-20-11-13-22(14-12-20)17-30-25-23-16-19(2)10-15-24(23)29(3)26(25)27(32)31(28(30)33)18-21-8-6-5-7-9-21/h4-16H,1,17-18H2,2-3H3. The Kier molecular flexibility index (Phi) is 5.09. The van der Waals surface area contributed by atoms with Crippen LogP contribution in [0.3, 0.4) is 0 Å². The van der Waals surface area contributed by atoms with E-state index in [4.69, 9.17) is 0 Å². The molecule has 5 heteroatoms.